The molecule has 0 aliphatic rings. The van der Waals surface area contributed by atoms with Crippen molar-refractivity contribution in [1.82, 2.24) is 10.2 Å². The minimum absolute atomic E-state index is 0.0691. The molecule has 1 aromatic rings. The van der Waals surface area contributed by atoms with Crippen molar-refractivity contribution in [2.45, 2.75) is 6.92 Å². The zero-order valence-corrected chi connectivity index (χ0v) is 14.0. The maximum atomic E-state index is 11.9. The summed E-state index contributed by atoms with van der Waals surface area (Å²) in [7, 11) is 5.13. The van der Waals surface area contributed by atoms with Gasteiger partial charge in [0.15, 0.2) is 0 Å². The number of esters is 1. The van der Waals surface area contributed by atoms with Crippen LogP contribution in [-0.4, -0.2) is 63.5 Å². The number of likely N-dealkylation sites (N-methyl/N-ethyl adjacent to an activating group) is 1. The molecule has 0 aliphatic heterocycles. The minimum atomic E-state index is -0.452. The number of amides is 2. The Kier molecular flexibility index (Phi) is 7.21. The average Bonchev–Trinajstić information content (AvgIpc) is 2.51. The summed E-state index contributed by atoms with van der Waals surface area (Å²) in [5.41, 5.74) is 0.933. The fourth-order valence-electron chi connectivity index (χ4n) is 1.90. The third-order valence-corrected chi connectivity index (χ3v) is 3.16. The first-order valence-electron chi connectivity index (χ1n) is 7.23. The van der Waals surface area contributed by atoms with Gasteiger partial charge in [0.25, 0.3) is 0 Å². The van der Waals surface area contributed by atoms with Gasteiger partial charge in [-0.05, 0) is 38.4 Å². The molecule has 0 bridgehead atoms. The minimum Gasteiger partial charge on any atom is -0.465 e. The van der Waals surface area contributed by atoms with Gasteiger partial charge in [-0.25, -0.2) is 4.79 Å². The van der Waals surface area contributed by atoms with Crippen LogP contribution in [-0.2, 0) is 14.3 Å². The van der Waals surface area contributed by atoms with Crippen molar-refractivity contribution in [1.29, 1.82) is 0 Å². The second-order valence-electron chi connectivity index (χ2n) is 5.30. The first-order chi connectivity index (χ1) is 10.8. The molecule has 0 atom stereocenters. The van der Waals surface area contributed by atoms with Gasteiger partial charge >= 0.3 is 5.97 Å². The van der Waals surface area contributed by atoms with Crippen LogP contribution < -0.4 is 10.2 Å². The lowest BCUT2D eigenvalue weighted by Crippen LogP contribution is -2.41. The molecule has 0 aromatic heterocycles. The number of nitrogens with zero attached hydrogens (tertiary/aromatic N) is 2. The van der Waals surface area contributed by atoms with E-state index in [1.807, 2.05) is 19.0 Å². The second kappa shape index (κ2) is 8.89. The molecule has 7 nitrogen and oxygen atoms in total. The fraction of sp³-hybridized carbons (Fsp3) is 0.438. The Bertz CT molecular complexity index is 555. The first kappa shape index (κ1) is 18.6. The lowest BCUT2D eigenvalue weighted by molar-refractivity contribution is -0.123. The van der Waals surface area contributed by atoms with E-state index in [0.29, 0.717) is 17.8 Å². The van der Waals surface area contributed by atoms with Crippen LogP contribution in [0.3, 0.4) is 0 Å². The predicted octanol–water partition coefficient (Wildman–Crippen LogP) is 0.504. The van der Waals surface area contributed by atoms with Gasteiger partial charge in [-0.15, -0.1) is 0 Å². The predicted molar refractivity (Wildman–Crippen MR) is 87.4 cm³/mol. The van der Waals surface area contributed by atoms with Gasteiger partial charge in [-0.3, -0.25) is 9.59 Å². The van der Waals surface area contributed by atoms with Crippen LogP contribution >= 0.6 is 0 Å². The van der Waals surface area contributed by atoms with Crippen LogP contribution in [0.25, 0.3) is 0 Å². The van der Waals surface area contributed by atoms with Crippen LogP contribution in [0.1, 0.15) is 17.3 Å². The smallest absolute Gasteiger partial charge is 0.337 e. The number of carbonyl (C=O) groups excluding carboxylic acids is 3. The number of hydrogen-bond acceptors (Lipinski definition) is 5. The van der Waals surface area contributed by atoms with E-state index in [2.05, 4.69) is 10.1 Å². The van der Waals surface area contributed by atoms with Gasteiger partial charge in [0.1, 0.15) is 6.54 Å². The zero-order chi connectivity index (χ0) is 17.4. The van der Waals surface area contributed by atoms with Crippen molar-refractivity contribution >= 4 is 23.5 Å². The summed E-state index contributed by atoms with van der Waals surface area (Å²) in [6.45, 7) is 2.56. The molecule has 23 heavy (non-hydrogen) atoms. The highest BCUT2D eigenvalue weighted by Crippen LogP contribution is 2.16. The van der Waals surface area contributed by atoms with Crippen LogP contribution in [0.2, 0.25) is 0 Å². The summed E-state index contributed by atoms with van der Waals surface area (Å²) in [5, 5.41) is 2.76. The Morgan fingerprint density at radius 2 is 1.74 bits per heavy atom. The molecule has 1 rings (SSSR count). The molecule has 0 heterocycles. The van der Waals surface area contributed by atoms with Gasteiger partial charge in [0, 0.05) is 25.7 Å². The largest absolute Gasteiger partial charge is 0.465 e. The number of benzene rings is 1. The normalized spacial score (nSPS) is 10.3. The Morgan fingerprint density at radius 3 is 2.22 bits per heavy atom. The van der Waals surface area contributed by atoms with Gasteiger partial charge in [0.2, 0.25) is 11.8 Å². The molecule has 1 aromatic carbocycles. The molecule has 0 saturated carbocycles. The summed E-state index contributed by atoms with van der Waals surface area (Å²) >= 11 is 0. The lowest BCUT2D eigenvalue weighted by atomic mass is 10.2. The summed E-state index contributed by atoms with van der Waals surface area (Å²) in [6.07, 6.45) is 0. The summed E-state index contributed by atoms with van der Waals surface area (Å²) in [4.78, 5) is 38.4. The molecular formula is C16H23N3O4. The second-order valence-corrected chi connectivity index (χ2v) is 5.30. The van der Waals surface area contributed by atoms with Gasteiger partial charge in [0.05, 0.1) is 12.7 Å². The molecule has 0 saturated heterocycles. The number of anilines is 1. The van der Waals surface area contributed by atoms with E-state index >= 15 is 0 Å². The van der Waals surface area contributed by atoms with E-state index in [1.165, 1.54) is 18.9 Å². The van der Waals surface area contributed by atoms with E-state index in [9.17, 15) is 14.4 Å². The Balaban J connectivity index is 2.73. The highest BCUT2D eigenvalue weighted by atomic mass is 16.5. The van der Waals surface area contributed by atoms with Gasteiger partial charge < -0.3 is 19.9 Å². The molecule has 7 heteroatoms. The number of rotatable bonds is 7. The number of ether oxygens (including phenoxy) is 1. The molecule has 1 N–H and O–H groups in total. The van der Waals surface area contributed by atoms with E-state index in [4.69, 9.17) is 0 Å². The Labute approximate surface area is 136 Å². The Hall–Kier alpha value is -2.41. The van der Waals surface area contributed by atoms with Crippen molar-refractivity contribution in [3.05, 3.63) is 29.8 Å². The number of methoxy groups -OCH3 is 1. The fourth-order valence-corrected chi connectivity index (χ4v) is 1.90. The van der Waals surface area contributed by atoms with E-state index in [-0.39, 0.29) is 18.4 Å². The summed E-state index contributed by atoms with van der Waals surface area (Å²) in [6, 6.07) is 6.34. The van der Waals surface area contributed by atoms with Gasteiger partial charge in [-0.2, -0.15) is 0 Å². The summed E-state index contributed by atoms with van der Waals surface area (Å²) in [5.74, 6) is -0.940. The zero-order valence-electron chi connectivity index (χ0n) is 14.0. The molecule has 126 valence electrons. The molecular weight excluding hydrogens is 298 g/mol. The molecule has 2 amide bonds. The van der Waals surface area contributed by atoms with Crippen molar-refractivity contribution in [3.8, 4) is 0 Å². The third-order valence-electron chi connectivity index (χ3n) is 3.16. The first-order valence-corrected chi connectivity index (χ1v) is 7.23. The maximum absolute atomic E-state index is 11.9. The molecule has 0 spiro atoms. The average molecular weight is 321 g/mol. The number of carbonyl (C=O) groups is 3. The number of nitrogens with one attached hydrogen (secondary N) is 1. The number of hydrogen-bond donors (Lipinski definition) is 1. The van der Waals surface area contributed by atoms with Crippen LogP contribution in [0.15, 0.2) is 24.3 Å². The quantitative estimate of drug-likeness (QED) is 0.740. The van der Waals surface area contributed by atoms with Crippen molar-refractivity contribution in [2.75, 3.05) is 45.7 Å². The van der Waals surface area contributed by atoms with Gasteiger partial charge in [-0.1, -0.05) is 0 Å². The van der Waals surface area contributed by atoms with E-state index in [1.54, 1.807) is 24.3 Å². The SMILES string of the molecule is COC(=O)c1ccc(N(CC(=O)NCCN(C)C)C(C)=O)cc1. The molecule has 0 aliphatic carbocycles. The van der Waals surface area contributed by atoms with Crippen molar-refractivity contribution in [2.24, 2.45) is 0 Å². The summed E-state index contributed by atoms with van der Waals surface area (Å²) < 4.78 is 4.62. The maximum Gasteiger partial charge on any atom is 0.337 e. The van der Waals surface area contributed by atoms with E-state index < -0.39 is 5.97 Å². The topological polar surface area (TPSA) is 79.0 Å². The van der Waals surface area contributed by atoms with Crippen LogP contribution in [0.4, 0.5) is 5.69 Å². The molecule has 0 fully saturated rings. The monoisotopic (exact) mass is 321 g/mol. The van der Waals surface area contributed by atoms with Crippen LogP contribution in [0, 0.1) is 0 Å². The Morgan fingerprint density at radius 1 is 1.13 bits per heavy atom. The van der Waals surface area contributed by atoms with Crippen LogP contribution in [0.5, 0.6) is 0 Å². The van der Waals surface area contributed by atoms with E-state index in [0.717, 1.165) is 6.54 Å². The highest BCUT2D eigenvalue weighted by Gasteiger charge is 2.16. The van der Waals surface area contributed by atoms with Crippen molar-refractivity contribution < 1.29 is 19.1 Å². The van der Waals surface area contributed by atoms with Crippen molar-refractivity contribution in [3.63, 3.8) is 0 Å². The third kappa shape index (κ3) is 6.07. The standard InChI is InChI=1S/C16H23N3O4/c1-12(20)19(11-15(21)17-9-10-18(2)3)14-7-5-13(6-8-14)16(22)23-4/h5-8H,9-11H2,1-4H3,(H,17,21). The molecule has 0 radical (unpaired) electrons. The molecule has 0 unspecified atom stereocenters. The highest BCUT2D eigenvalue weighted by molar-refractivity contribution is 5.98. The lowest BCUT2D eigenvalue weighted by Gasteiger charge is -2.21.